The highest BCUT2D eigenvalue weighted by molar-refractivity contribution is 5.96. The van der Waals surface area contributed by atoms with Crippen LogP contribution in [0.3, 0.4) is 0 Å². The molecule has 0 spiro atoms. The molecular formula is C20H24N2O3. The second-order valence-corrected chi connectivity index (χ2v) is 6.79. The number of nitrogens with zero attached hydrogens (tertiary/aromatic N) is 2. The number of benzene rings is 1. The van der Waals surface area contributed by atoms with E-state index in [9.17, 15) is 9.59 Å². The number of carbonyl (C=O) groups is 2. The molecule has 0 unspecified atom stereocenters. The highest BCUT2D eigenvalue weighted by atomic mass is 16.3. The molecule has 3 rings (SSSR count). The molecule has 0 saturated carbocycles. The third kappa shape index (κ3) is 3.60. The van der Waals surface area contributed by atoms with E-state index in [1.54, 1.807) is 17.0 Å². The lowest BCUT2D eigenvalue weighted by Gasteiger charge is -2.34. The second kappa shape index (κ2) is 7.13. The van der Waals surface area contributed by atoms with E-state index in [1.807, 2.05) is 24.0 Å². The van der Waals surface area contributed by atoms with Crippen LogP contribution in [0.2, 0.25) is 0 Å². The maximum Gasteiger partial charge on any atom is 0.289 e. The second-order valence-electron chi connectivity index (χ2n) is 6.79. The normalized spacial score (nSPS) is 14.9. The van der Waals surface area contributed by atoms with Gasteiger partial charge in [-0.05, 0) is 42.2 Å². The molecule has 0 radical (unpaired) electrons. The van der Waals surface area contributed by atoms with E-state index < -0.39 is 0 Å². The molecule has 2 aromatic rings. The molecule has 132 valence electrons. The summed E-state index contributed by atoms with van der Waals surface area (Å²) in [6.45, 7) is 8.33. The fourth-order valence-corrected chi connectivity index (χ4v) is 3.07. The van der Waals surface area contributed by atoms with Gasteiger partial charge in [0.1, 0.15) is 0 Å². The SMILES string of the molecule is Cc1ccc(C(C)C)cc1C(=O)N1CCN(C(=O)c2ccco2)CC1. The fraction of sp³-hybridized carbons (Fsp3) is 0.400. The van der Waals surface area contributed by atoms with Crippen molar-refractivity contribution in [2.24, 2.45) is 0 Å². The van der Waals surface area contributed by atoms with Gasteiger partial charge in [0.05, 0.1) is 6.26 Å². The Morgan fingerprint density at radius 2 is 1.64 bits per heavy atom. The Morgan fingerprint density at radius 3 is 2.20 bits per heavy atom. The Kier molecular flexibility index (Phi) is 4.93. The van der Waals surface area contributed by atoms with Gasteiger partial charge >= 0.3 is 0 Å². The summed E-state index contributed by atoms with van der Waals surface area (Å²) in [4.78, 5) is 28.8. The topological polar surface area (TPSA) is 53.8 Å². The summed E-state index contributed by atoms with van der Waals surface area (Å²) in [5.74, 6) is 0.662. The third-order valence-corrected chi connectivity index (χ3v) is 4.74. The summed E-state index contributed by atoms with van der Waals surface area (Å²) in [5, 5.41) is 0. The lowest BCUT2D eigenvalue weighted by molar-refractivity contribution is 0.0517. The Labute approximate surface area is 148 Å². The van der Waals surface area contributed by atoms with E-state index in [4.69, 9.17) is 4.42 Å². The van der Waals surface area contributed by atoms with E-state index in [0.717, 1.165) is 11.1 Å². The molecule has 1 aromatic carbocycles. The molecule has 2 amide bonds. The molecular weight excluding hydrogens is 316 g/mol. The molecule has 1 aliphatic rings. The first-order chi connectivity index (χ1) is 12.0. The third-order valence-electron chi connectivity index (χ3n) is 4.74. The number of hydrogen-bond donors (Lipinski definition) is 0. The van der Waals surface area contributed by atoms with Crippen LogP contribution < -0.4 is 0 Å². The van der Waals surface area contributed by atoms with Crippen LogP contribution in [0.25, 0.3) is 0 Å². The van der Waals surface area contributed by atoms with Crippen molar-refractivity contribution in [2.45, 2.75) is 26.7 Å². The van der Waals surface area contributed by atoms with Crippen molar-refractivity contribution in [3.8, 4) is 0 Å². The Hall–Kier alpha value is -2.56. The summed E-state index contributed by atoms with van der Waals surface area (Å²) in [6.07, 6.45) is 1.50. The molecule has 0 aliphatic carbocycles. The number of furan rings is 1. The average Bonchev–Trinajstić information content (AvgIpc) is 3.15. The van der Waals surface area contributed by atoms with Gasteiger partial charge in [0.15, 0.2) is 5.76 Å². The van der Waals surface area contributed by atoms with Gasteiger partial charge in [0.2, 0.25) is 0 Å². The van der Waals surface area contributed by atoms with Gasteiger partial charge < -0.3 is 14.2 Å². The number of piperazine rings is 1. The predicted octanol–water partition coefficient (Wildman–Crippen LogP) is 3.31. The number of hydrogen-bond acceptors (Lipinski definition) is 3. The number of carbonyl (C=O) groups excluding carboxylic acids is 2. The van der Waals surface area contributed by atoms with Crippen LogP contribution in [0.5, 0.6) is 0 Å². The summed E-state index contributed by atoms with van der Waals surface area (Å²) in [6, 6.07) is 9.47. The summed E-state index contributed by atoms with van der Waals surface area (Å²) in [7, 11) is 0. The molecule has 0 bridgehead atoms. The van der Waals surface area contributed by atoms with Crippen molar-refractivity contribution in [3.05, 3.63) is 59.0 Å². The minimum Gasteiger partial charge on any atom is -0.459 e. The summed E-state index contributed by atoms with van der Waals surface area (Å²) >= 11 is 0. The van der Waals surface area contributed by atoms with Crippen LogP contribution >= 0.6 is 0 Å². The number of aryl methyl sites for hydroxylation is 1. The first-order valence-electron chi connectivity index (χ1n) is 8.70. The van der Waals surface area contributed by atoms with Crippen LogP contribution in [-0.2, 0) is 0 Å². The lowest BCUT2D eigenvalue weighted by Crippen LogP contribution is -2.50. The number of rotatable bonds is 3. The molecule has 2 heterocycles. The Bertz CT molecular complexity index is 757. The Morgan fingerprint density at radius 1 is 1.00 bits per heavy atom. The first kappa shape index (κ1) is 17.3. The molecule has 5 nitrogen and oxygen atoms in total. The predicted molar refractivity (Wildman–Crippen MR) is 95.8 cm³/mol. The van der Waals surface area contributed by atoms with Gasteiger partial charge in [-0.15, -0.1) is 0 Å². The van der Waals surface area contributed by atoms with Crippen LogP contribution in [0.1, 0.15) is 51.8 Å². The Balaban J connectivity index is 1.68. The first-order valence-corrected chi connectivity index (χ1v) is 8.70. The molecule has 1 aliphatic heterocycles. The maximum absolute atomic E-state index is 12.9. The van der Waals surface area contributed by atoms with Crippen molar-refractivity contribution in [2.75, 3.05) is 26.2 Å². The monoisotopic (exact) mass is 340 g/mol. The zero-order valence-electron chi connectivity index (χ0n) is 15.0. The van der Waals surface area contributed by atoms with Crippen LogP contribution in [0, 0.1) is 6.92 Å². The molecule has 0 atom stereocenters. The van der Waals surface area contributed by atoms with E-state index in [-0.39, 0.29) is 11.8 Å². The minimum atomic E-state index is -0.116. The summed E-state index contributed by atoms with van der Waals surface area (Å²) in [5.41, 5.74) is 2.92. The molecule has 0 N–H and O–H groups in total. The highest BCUT2D eigenvalue weighted by Crippen LogP contribution is 2.21. The molecule has 1 saturated heterocycles. The van der Waals surface area contributed by atoms with Crippen molar-refractivity contribution < 1.29 is 14.0 Å². The quantitative estimate of drug-likeness (QED) is 0.861. The molecule has 5 heteroatoms. The summed E-state index contributed by atoms with van der Waals surface area (Å²) < 4.78 is 5.17. The van der Waals surface area contributed by atoms with Crippen molar-refractivity contribution in [1.29, 1.82) is 0 Å². The number of amides is 2. The highest BCUT2D eigenvalue weighted by Gasteiger charge is 2.27. The van der Waals surface area contributed by atoms with Crippen molar-refractivity contribution >= 4 is 11.8 Å². The van der Waals surface area contributed by atoms with Crippen LogP contribution in [0.4, 0.5) is 0 Å². The lowest BCUT2D eigenvalue weighted by atomic mass is 9.97. The van der Waals surface area contributed by atoms with Gasteiger partial charge in [-0.1, -0.05) is 26.0 Å². The minimum absolute atomic E-state index is 0.0464. The molecule has 1 fully saturated rings. The standard InChI is InChI=1S/C20H24N2O3/c1-14(2)16-7-6-15(3)17(13-16)19(23)21-8-10-22(11-9-21)20(24)18-5-4-12-25-18/h4-7,12-14H,8-11H2,1-3H3. The van der Waals surface area contributed by atoms with Gasteiger partial charge in [-0.25, -0.2) is 0 Å². The van der Waals surface area contributed by atoms with Crippen molar-refractivity contribution in [1.82, 2.24) is 9.80 Å². The van der Waals surface area contributed by atoms with Gasteiger partial charge in [-0.2, -0.15) is 0 Å². The average molecular weight is 340 g/mol. The zero-order valence-corrected chi connectivity index (χ0v) is 15.0. The van der Waals surface area contributed by atoms with E-state index >= 15 is 0 Å². The largest absolute Gasteiger partial charge is 0.459 e. The zero-order chi connectivity index (χ0) is 18.0. The van der Waals surface area contributed by atoms with E-state index in [1.165, 1.54) is 11.8 Å². The van der Waals surface area contributed by atoms with Crippen LogP contribution in [-0.4, -0.2) is 47.8 Å². The van der Waals surface area contributed by atoms with E-state index in [0.29, 0.717) is 37.9 Å². The van der Waals surface area contributed by atoms with Gasteiger partial charge in [-0.3, -0.25) is 9.59 Å². The molecule has 25 heavy (non-hydrogen) atoms. The van der Waals surface area contributed by atoms with Crippen LogP contribution in [0.15, 0.2) is 41.0 Å². The van der Waals surface area contributed by atoms with Crippen molar-refractivity contribution in [3.63, 3.8) is 0 Å². The van der Waals surface area contributed by atoms with Gasteiger partial charge in [0, 0.05) is 31.7 Å². The maximum atomic E-state index is 12.9. The van der Waals surface area contributed by atoms with E-state index in [2.05, 4.69) is 19.9 Å². The smallest absolute Gasteiger partial charge is 0.289 e. The molecule has 1 aromatic heterocycles. The fourth-order valence-electron chi connectivity index (χ4n) is 3.07. The van der Waals surface area contributed by atoms with Gasteiger partial charge in [0.25, 0.3) is 11.8 Å².